The van der Waals surface area contributed by atoms with E-state index in [0.717, 1.165) is 0 Å². The average molecular weight is 393 g/mol. The minimum absolute atomic E-state index is 0.0158. The van der Waals surface area contributed by atoms with Gasteiger partial charge < -0.3 is 14.5 Å². The number of hydrogen-bond acceptors (Lipinski definition) is 3. The van der Waals surface area contributed by atoms with Gasteiger partial charge >= 0.3 is 0 Å². The van der Waals surface area contributed by atoms with E-state index in [1.54, 1.807) is 40.1 Å². The topological polar surface area (TPSA) is 49.9 Å². The lowest BCUT2D eigenvalue weighted by atomic mass is 10.1. The summed E-state index contributed by atoms with van der Waals surface area (Å²) in [6, 6.07) is 14.0. The Kier molecular flexibility index (Phi) is 6.01. The third kappa shape index (κ3) is 4.48. The number of para-hydroxylation sites is 1. The number of ether oxygens (including phenoxy) is 1. The molecule has 1 aliphatic heterocycles. The summed E-state index contributed by atoms with van der Waals surface area (Å²) in [6.07, 6.45) is 0. The van der Waals surface area contributed by atoms with Gasteiger partial charge in [-0.3, -0.25) is 9.59 Å². The van der Waals surface area contributed by atoms with E-state index < -0.39 is 0 Å². The van der Waals surface area contributed by atoms with Crippen molar-refractivity contribution in [1.29, 1.82) is 0 Å². The van der Waals surface area contributed by atoms with Crippen LogP contribution in [0.4, 0.5) is 0 Å². The van der Waals surface area contributed by atoms with Crippen molar-refractivity contribution >= 4 is 35.0 Å². The Bertz CT molecular complexity index is 791. The minimum Gasteiger partial charge on any atom is -0.484 e. The van der Waals surface area contributed by atoms with Crippen LogP contribution in [0.1, 0.15) is 10.4 Å². The van der Waals surface area contributed by atoms with Crippen molar-refractivity contribution in [2.75, 3.05) is 32.8 Å². The molecule has 1 fully saturated rings. The molecule has 2 amide bonds. The first-order valence-corrected chi connectivity index (χ1v) is 9.00. The highest BCUT2D eigenvalue weighted by Gasteiger charge is 2.26. The summed E-state index contributed by atoms with van der Waals surface area (Å²) >= 11 is 12.1. The highest BCUT2D eigenvalue weighted by molar-refractivity contribution is 6.35. The number of rotatable bonds is 4. The third-order valence-electron chi connectivity index (χ3n) is 4.18. The number of piperazine rings is 1. The number of halogens is 2. The molecule has 0 aromatic heterocycles. The van der Waals surface area contributed by atoms with E-state index in [9.17, 15) is 9.59 Å². The van der Waals surface area contributed by atoms with Crippen LogP contribution in [0.15, 0.2) is 48.5 Å². The fraction of sp³-hybridized carbons (Fsp3) is 0.263. The van der Waals surface area contributed by atoms with Gasteiger partial charge in [0.15, 0.2) is 6.61 Å². The smallest absolute Gasteiger partial charge is 0.260 e. The van der Waals surface area contributed by atoms with Crippen molar-refractivity contribution < 1.29 is 14.3 Å². The molecular formula is C19H18Cl2N2O3. The maximum atomic E-state index is 12.6. The molecule has 0 bridgehead atoms. The van der Waals surface area contributed by atoms with Crippen molar-refractivity contribution in [3.63, 3.8) is 0 Å². The van der Waals surface area contributed by atoms with Gasteiger partial charge in [0, 0.05) is 31.2 Å². The van der Waals surface area contributed by atoms with Gasteiger partial charge in [0.1, 0.15) is 5.75 Å². The lowest BCUT2D eigenvalue weighted by Crippen LogP contribution is -2.51. The minimum atomic E-state index is -0.176. The molecule has 136 valence electrons. The van der Waals surface area contributed by atoms with Gasteiger partial charge in [0.05, 0.1) is 10.6 Å². The molecule has 26 heavy (non-hydrogen) atoms. The number of hydrogen-bond donors (Lipinski definition) is 0. The molecule has 0 saturated carbocycles. The zero-order chi connectivity index (χ0) is 18.5. The zero-order valence-electron chi connectivity index (χ0n) is 14.0. The second-order valence-corrected chi connectivity index (χ2v) is 6.74. The summed E-state index contributed by atoms with van der Waals surface area (Å²) in [6.45, 7) is 1.79. The summed E-state index contributed by atoms with van der Waals surface area (Å²) in [5, 5.41) is 0.832. The molecule has 0 unspecified atom stereocenters. The highest BCUT2D eigenvalue weighted by Crippen LogP contribution is 2.22. The summed E-state index contributed by atoms with van der Waals surface area (Å²) < 4.78 is 5.49. The van der Waals surface area contributed by atoms with Gasteiger partial charge in [-0.1, -0.05) is 41.4 Å². The molecule has 0 spiro atoms. The van der Waals surface area contributed by atoms with E-state index in [-0.39, 0.29) is 18.4 Å². The van der Waals surface area contributed by atoms with Gasteiger partial charge in [-0.25, -0.2) is 0 Å². The SMILES string of the molecule is O=C(COc1ccccc1)N1CCN(C(=O)c2cc(Cl)ccc2Cl)CC1. The van der Waals surface area contributed by atoms with Crippen molar-refractivity contribution in [2.24, 2.45) is 0 Å². The van der Waals surface area contributed by atoms with E-state index in [0.29, 0.717) is 47.5 Å². The molecule has 5 nitrogen and oxygen atoms in total. The van der Waals surface area contributed by atoms with Gasteiger partial charge in [-0.2, -0.15) is 0 Å². The van der Waals surface area contributed by atoms with Crippen molar-refractivity contribution in [3.05, 3.63) is 64.1 Å². The van der Waals surface area contributed by atoms with Crippen LogP contribution < -0.4 is 4.74 Å². The lowest BCUT2D eigenvalue weighted by molar-refractivity contribution is -0.134. The van der Waals surface area contributed by atoms with Gasteiger partial charge in [0.2, 0.25) is 0 Å². The Balaban J connectivity index is 1.53. The van der Waals surface area contributed by atoms with Crippen LogP contribution in [-0.2, 0) is 4.79 Å². The fourth-order valence-corrected chi connectivity index (χ4v) is 3.11. The van der Waals surface area contributed by atoms with Gasteiger partial charge in [0.25, 0.3) is 11.8 Å². The quantitative estimate of drug-likeness (QED) is 0.801. The number of amides is 2. The predicted molar refractivity (Wildman–Crippen MR) is 101 cm³/mol. The van der Waals surface area contributed by atoms with Crippen LogP contribution in [0.3, 0.4) is 0 Å². The van der Waals surface area contributed by atoms with Crippen molar-refractivity contribution in [1.82, 2.24) is 9.80 Å². The number of carbonyl (C=O) groups excluding carboxylic acids is 2. The van der Waals surface area contributed by atoms with Gasteiger partial charge in [-0.05, 0) is 30.3 Å². The largest absolute Gasteiger partial charge is 0.484 e. The highest BCUT2D eigenvalue weighted by atomic mass is 35.5. The Labute approximate surface area is 162 Å². The second-order valence-electron chi connectivity index (χ2n) is 5.90. The standard InChI is InChI=1S/C19H18Cl2N2O3/c20-14-6-7-17(21)16(12-14)19(25)23-10-8-22(9-11-23)18(24)13-26-15-4-2-1-3-5-15/h1-7,12H,8-11,13H2. The van der Waals surface area contributed by atoms with Gasteiger partial charge in [-0.15, -0.1) is 0 Å². The zero-order valence-corrected chi connectivity index (χ0v) is 15.5. The maximum absolute atomic E-state index is 12.6. The molecule has 7 heteroatoms. The molecule has 1 saturated heterocycles. The molecule has 2 aromatic rings. The van der Waals surface area contributed by atoms with E-state index in [1.807, 2.05) is 18.2 Å². The first-order chi connectivity index (χ1) is 12.5. The van der Waals surface area contributed by atoms with Crippen molar-refractivity contribution in [3.8, 4) is 5.75 Å². The first-order valence-electron chi connectivity index (χ1n) is 8.24. The number of carbonyl (C=O) groups is 2. The van der Waals surface area contributed by atoms with E-state index in [4.69, 9.17) is 27.9 Å². The van der Waals surface area contributed by atoms with Crippen LogP contribution in [0.2, 0.25) is 10.0 Å². The summed E-state index contributed by atoms with van der Waals surface area (Å²) in [4.78, 5) is 28.3. The molecule has 1 aliphatic rings. The third-order valence-corrected chi connectivity index (χ3v) is 4.75. The molecule has 0 atom stereocenters. The average Bonchev–Trinajstić information content (AvgIpc) is 2.68. The molecule has 2 aromatic carbocycles. The van der Waals surface area contributed by atoms with Crippen molar-refractivity contribution in [2.45, 2.75) is 0 Å². The van der Waals surface area contributed by atoms with Crippen LogP contribution in [0.5, 0.6) is 5.75 Å². The Morgan fingerprint density at radius 2 is 1.58 bits per heavy atom. The molecule has 3 rings (SSSR count). The monoisotopic (exact) mass is 392 g/mol. The molecule has 1 heterocycles. The van der Waals surface area contributed by atoms with Crippen LogP contribution in [0.25, 0.3) is 0 Å². The summed E-state index contributed by atoms with van der Waals surface area (Å²) in [5.74, 6) is 0.386. The van der Waals surface area contributed by atoms with Crippen LogP contribution in [-0.4, -0.2) is 54.4 Å². The van der Waals surface area contributed by atoms with Crippen LogP contribution in [0, 0.1) is 0 Å². The summed E-state index contributed by atoms with van der Waals surface area (Å²) in [7, 11) is 0. The predicted octanol–water partition coefficient (Wildman–Crippen LogP) is 3.36. The van der Waals surface area contributed by atoms with E-state index in [1.165, 1.54) is 0 Å². The Morgan fingerprint density at radius 1 is 0.923 bits per heavy atom. The molecule has 0 radical (unpaired) electrons. The normalized spacial score (nSPS) is 14.2. The van der Waals surface area contributed by atoms with E-state index >= 15 is 0 Å². The Morgan fingerprint density at radius 3 is 2.27 bits per heavy atom. The van der Waals surface area contributed by atoms with E-state index in [2.05, 4.69) is 0 Å². The number of nitrogens with zero attached hydrogens (tertiary/aromatic N) is 2. The maximum Gasteiger partial charge on any atom is 0.260 e. The second kappa shape index (κ2) is 8.43. The molecular weight excluding hydrogens is 375 g/mol. The Hall–Kier alpha value is -2.24. The molecule has 0 aliphatic carbocycles. The number of benzene rings is 2. The first kappa shape index (κ1) is 18.5. The fourth-order valence-electron chi connectivity index (χ4n) is 2.74. The molecule has 0 N–H and O–H groups in total. The lowest BCUT2D eigenvalue weighted by Gasteiger charge is -2.34. The van der Waals surface area contributed by atoms with Crippen LogP contribution >= 0.6 is 23.2 Å². The summed E-state index contributed by atoms with van der Waals surface area (Å²) in [5.41, 5.74) is 0.381.